The molecule has 21 heavy (non-hydrogen) atoms. The van der Waals surface area contributed by atoms with E-state index in [9.17, 15) is 0 Å². The molecule has 0 spiro atoms. The number of hydrogen-bond acceptors (Lipinski definition) is 3. The summed E-state index contributed by atoms with van der Waals surface area (Å²) in [5.74, 6) is 2.47. The van der Waals surface area contributed by atoms with Gasteiger partial charge in [-0.05, 0) is 24.6 Å². The van der Waals surface area contributed by atoms with E-state index in [2.05, 4.69) is 11.9 Å². The number of ether oxygens (including phenoxy) is 2. The smallest absolute Gasteiger partial charge is 0.161 e. The van der Waals surface area contributed by atoms with Gasteiger partial charge in [0, 0.05) is 25.0 Å². The van der Waals surface area contributed by atoms with E-state index in [1.54, 1.807) is 13.3 Å². The summed E-state index contributed by atoms with van der Waals surface area (Å²) < 4.78 is 13.3. The monoisotopic (exact) mass is 288 g/mol. The first-order valence-electron chi connectivity index (χ1n) is 7.54. The van der Waals surface area contributed by atoms with Crippen LogP contribution in [0.4, 0.5) is 0 Å². The van der Waals surface area contributed by atoms with Crippen LogP contribution in [-0.4, -0.2) is 23.3 Å². The third kappa shape index (κ3) is 4.00. The van der Waals surface area contributed by atoms with Crippen LogP contribution in [-0.2, 0) is 7.05 Å². The van der Waals surface area contributed by atoms with Gasteiger partial charge in [-0.25, -0.2) is 4.98 Å². The fourth-order valence-electron chi connectivity index (χ4n) is 2.28. The molecule has 0 fully saturated rings. The molecule has 114 valence electrons. The number of aryl methyl sites for hydroxylation is 1. The van der Waals surface area contributed by atoms with Gasteiger partial charge in [-0.2, -0.15) is 0 Å². The lowest BCUT2D eigenvalue weighted by Crippen LogP contribution is -2.00. The van der Waals surface area contributed by atoms with Crippen LogP contribution in [0.5, 0.6) is 11.5 Å². The molecule has 0 aliphatic carbocycles. The van der Waals surface area contributed by atoms with Crippen molar-refractivity contribution in [2.75, 3.05) is 13.7 Å². The first-order chi connectivity index (χ1) is 10.3. The third-order valence-corrected chi connectivity index (χ3v) is 3.50. The van der Waals surface area contributed by atoms with E-state index in [4.69, 9.17) is 9.47 Å². The Balaban J connectivity index is 2.05. The van der Waals surface area contributed by atoms with Crippen LogP contribution < -0.4 is 9.47 Å². The number of imidazole rings is 1. The van der Waals surface area contributed by atoms with Crippen molar-refractivity contribution in [1.29, 1.82) is 0 Å². The minimum atomic E-state index is 0.734. The molecule has 0 aliphatic rings. The van der Waals surface area contributed by atoms with Crippen LogP contribution in [0, 0.1) is 0 Å². The maximum atomic E-state index is 5.82. The van der Waals surface area contributed by atoms with Crippen molar-refractivity contribution in [2.24, 2.45) is 7.05 Å². The molecule has 1 aromatic carbocycles. The lowest BCUT2D eigenvalue weighted by atomic mass is 10.2. The van der Waals surface area contributed by atoms with Crippen molar-refractivity contribution in [3.05, 3.63) is 30.6 Å². The SMILES string of the molecule is CCCCCCOc1ccc(-c2nccn2C)cc1OC. The number of benzene rings is 1. The molecule has 2 aromatic rings. The summed E-state index contributed by atoms with van der Waals surface area (Å²) in [7, 11) is 3.65. The van der Waals surface area contributed by atoms with Gasteiger partial charge < -0.3 is 14.0 Å². The van der Waals surface area contributed by atoms with Crippen LogP contribution in [0.2, 0.25) is 0 Å². The summed E-state index contributed by atoms with van der Waals surface area (Å²) in [4.78, 5) is 4.35. The number of unbranched alkanes of at least 4 members (excludes halogenated alkanes) is 3. The summed E-state index contributed by atoms with van der Waals surface area (Å²) in [6.45, 7) is 2.94. The van der Waals surface area contributed by atoms with Crippen molar-refractivity contribution in [3.63, 3.8) is 0 Å². The van der Waals surface area contributed by atoms with Crippen LogP contribution >= 0.6 is 0 Å². The van der Waals surface area contributed by atoms with E-state index in [1.165, 1.54) is 19.3 Å². The van der Waals surface area contributed by atoms with Gasteiger partial charge in [0.25, 0.3) is 0 Å². The first-order valence-corrected chi connectivity index (χ1v) is 7.54. The van der Waals surface area contributed by atoms with Gasteiger partial charge in [-0.15, -0.1) is 0 Å². The molecular weight excluding hydrogens is 264 g/mol. The van der Waals surface area contributed by atoms with E-state index in [0.717, 1.165) is 35.9 Å². The normalized spacial score (nSPS) is 10.6. The number of rotatable bonds is 8. The van der Waals surface area contributed by atoms with E-state index in [1.807, 2.05) is 36.0 Å². The van der Waals surface area contributed by atoms with Gasteiger partial charge in [0.1, 0.15) is 5.82 Å². The molecule has 0 unspecified atom stereocenters. The predicted molar refractivity (Wildman–Crippen MR) is 84.8 cm³/mol. The second kappa shape index (κ2) is 7.72. The van der Waals surface area contributed by atoms with E-state index < -0.39 is 0 Å². The maximum absolute atomic E-state index is 5.82. The standard InChI is InChI=1S/C17H24N2O2/c1-4-5-6-7-12-21-15-9-8-14(13-16(15)20-3)17-18-10-11-19(17)2/h8-11,13H,4-7,12H2,1-3H3. The molecule has 1 heterocycles. The fraction of sp³-hybridized carbons (Fsp3) is 0.471. The van der Waals surface area contributed by atoms with E-state index >= 15 is 0 Å². The molecular formula is C17H24N2O2. The second-order valence-electron chi connectivity index (χ2n) is 5.14. The minimum absolute atomic E-state index is 0.734. The highest BCUT2D eigenvalue weighted by Gasteiger charge is 2.09. The highest BCUT2D eigenvalue weighted by molar-refractivity contribution is 5.61. The topological polar surface area (TPSA) is 36.3 Å². The Labute approximate surface area is 126 Å². The molecule has 4 nitrogen and oxygen atoms in total. The summed E-state index contributed by atoms with van der Waals surface area (Å²) >= 11 is 0. The zero-order valence-corrected chi connectivity index (χ0v) is 13.1. The Morgan fingerprint density at radius 3 is 2.67 bits per heavy atom. The Bertz CT molecular complexity index is 564. The fourth-order valence-corrected chi connectivity index (χ4v) is 2.28. The van der Waals surface area contributed by atoms with E-state index in [-0.39, 0.29) is 0 Å². The van der Waals surface area contributed by atoms with Gasteiger partial charge in [-0.1, -0.05) is 26.2 Å². The largest absolute Gasteiger partial charge is 0.493 e. The third-order valence-electron chi connectivity index (χ3n) is 3.50. The summed E-state index contributed by atoms with van der Waals surface area (Å²) in [5, 5.41) is 0. The lowest BCUT2D eigenvalue weighted by molar-refractivity contribution is 0.285. The molecule has 4 heteroatoms. The Morgan fingerprint density at radius 1 is 1.14 bits per heavy atom. The average molecular weight is 288 g/mol. The number of hydrogen-bond donors (Lipinski definition) is 0. The Hall–Kier alpha value is -1.97. The second-order valence-corrected chi connectivity index (χ2v) is 5.14. The van der Waals surface area contributed by atoms with Gasteiger partial charge in [0.2, 0.25) is 0 Å². The van der Waals surface area contributed by atoms with Gasteiger partial charge in [0.15, 0.2) is 11.5 Å². The number of methoxy groups -OCH3 is 1. The Morgan fingerprint density at radius 2 is 2.00 bits per heavy atom. The van der Waals surface area contributed by atoms with Crippen molar-refractivity contribution in [3.8, 4) is 22.9 Å². The zero-order chi connectivity index (χ0) is 15.1. The van der Waals surface area contributed by atoms with Crippen LogP contribution in [0.15, 0.2) is 30.6 Å². The highest BCUT2D eigenvalue weighted by Crippen LogP contribution is 2.32. The molecule has 0 amide bonds. The molecule has 2 rings (SSSR count). The lowest BCUT2D eigenvalue weighted by Gasteiger charge is -2.12. The van der Waals surface area contributed by atoms with Crippen molar-refractivity contribution in [2.45, 2.75) is 32.6 Å². The summed E-state index contributed by atoms with van der Waals surface area (Å²) in [6, 6.07) is 5.96. The minimum Gasteiger partial charge on any atom is -0.493 e. The first kappa shape index (κ1) is 15.4. The molecule has 0 N–H and O–H groups in total. The quantitative estimate of drug-likeness (QED) is 0.687. The molecule has 0 saturated heterocycles. The summed E-state index contributed by atoms with van der Waals surface area (Å²) in [5.41, 5.74) is 1.03. The van der Waals surface area contributed by atoms with Crippen LogP contribution in [0.3, 0.4) is 0 Å². The summed E-state index contributed by atoms with van der Waals surface area (Å²) in [6.07, 6.45) is 8.52. The maximum Gasteiger partial charge on any atom is 0.161 e. The average Bonchev–Trinajstić information content (AvgIpc) is 2.93. The van der Waals surface area contributed by atoms with Gasteiger partial charge in [0.05, 0.1) is 13.7 Å². The van der Waals surface area contributed by atoms with Crippen molar-refractivity contribution in [1.82, 2.24) is 9.55 Å². The van der Waals surface area contributed by atoms with Gasteiger partial charge in [-0.3, -0.25) is 0 Å². The molecule has 0 radical (unpaired) electrons. The Kier molecular flexibility index (Phi) is 5.67. The highest BCUT2D eigenvalue weighted by atomic mass is 16.5. The number of nitrogens with zero attached hydrogens (tertiary/aromatic N) is 2. The molecule has 0 saturated carbocycles. The van der Waals surface area contributed by atoms with E-state index in [0.29, 0.717) is 0 Å². The van der Waals surface area contributed by atoms with Crippen LogP contribution in [0.1, 0.15) is 32.6 Å². The number of aromatic nitrogens is 2. The van der Waals surface area contributed by atoms with Gasteiger partial charge >= 0.3 is 0 Å². The van der Waals surface area contributed by atoms with Crippen molar-refractivity contribution < 1.29 is 9.47 Å². The van der Waals surface area contributed by atoms with Crippen molar-refractivity contribution >= 4 is 0 Å². The van der Waals surface area contributed by atoms with Crippen LogP contribution in [0.25, 0.3) is 11.4 Å². The molecule has 1 aromatic heterocycles. The molecule has 0 atom stereocenters. The zero-order valence-electron chi connectivity index (χ0n) is 13.1. The predicted octanol–water partition coefficient (Wildman–Crippen LogP) is 4.05. The molecule has 0 aliphatic heterocycles. The molecule has 0 bridgehead atoms.